The minimum atomic E-state index is 0.998. The summed E-state index contributed by atoms with van der Waals surface area (Å²) in [6, 6.07) is 21.2. The van der Waals surface area contributed by atoms with E-state index in [1.807, 2.05) is 0 Å². The van der Waals surface area contributed by atoms with E-state index < -0.39 is 0 Å². The Labute approximate surface area is 151 Å². The second-order valence-corrected chi connectivity index (χ2v) is 6.53. The van der Waals surface area contributed by atoms with Crippen molar-refractivity contribution in [3.05, 3.63) is 66.4 Å². The van der Waals surface area contributed by atoms with Crippen LogP contribution in [0.2, 0.25) is 0 Å². The summed E-state index contributed by atoms with van der Waals surface area (Å²) in [5.74, 6) is 1.10. The number of aromatic nitrogens is 2. The molecule has 0 saturated heterocycles. The van der Waals surface area contributed by atoms with Gasteiger partial charge in [0.1, 0.15) is 5.82 Å². The molecule has 0 unspecified atom stereocenters. The van der Waals surface area contributed by atoms with E-state index in [1.165, 1.54) is 42.5 Å². The van der Waals surface area contributed by atoms with Crippen LogP contribution in [0.4, 0.5) is 0 Å². The van der Waals surface area contributed by atoms with Gasteiger partial charge in [0, 0.05) is 23.4 Å². The predicted octanol–water partition coefficient (Wildman–Crippen LogP) is 6.36. The van der Waals surface area contributed by atoms with Gasteiger partial charge in [-0.3, -0.25) is 0 Å². The van der Waals surface area contributed by atoms with Crippen molar-refractivity contribution in [3.8, 4) is 22.6 Å². The highest BCUT2D eigenvalue weighted by Gasteiger charge is 2.17. The van der Waals surface area contributed by atoms with Gasteiger partial charge in [-0.25, -0.2) is 4.98 Å². The van der Waals surface area contributed by atoms with Gasteiger partial charge in [-0.15, -0.1) is 0 Å². The van der Waals surface area contributed by atoms with E-state index in [0.717, 1.165) is 24.5 Å². The van der Waals surface area contributed by atoms with E-state index >= 15 is 0 Å². The molecule has 25 heavy (non-hydrogen) atoms. The Balaban J connectivity index is 2.04. The molecule has 0 aliphatic heterocycles. The summed E-state index contributed by atoms with van der Waals surface area (Å²) in [6.07, 6.45) is 6.07. The lowest BCUT2D eigenvalue weighted by molar-refractivity contribution is 0.573. The zero-order valence-corrected chi connectivity index (χ0v) is 15.4. The van der Waals surface area contributed by atoms with Crippen LogP contribution in [-0.4, -0.2) is 9.55 Å². The molecule has 1 aromatic heterocycles. The van der Waals surface area contributed by atoms with Gasteiger partial charge >= 0.3 is 0 Å². The maximum atomic E-state index is 5.08. The Morgan fingerprint density at radius 2 is 1.40 bits per heavy atom. The Morgan fingerprint density at radius 3 is 2.00 bits per heavy atom. The highest BCUT2D eigenvalue weighted by molar-refractivity contribution is 5.68. The molecule has 2 nitrogen and oxygen atoms in total. The SMILES string of the molecule is CCCCCCn1c(-c2ccccc2)nc(-c2ccccc2)c1CC. The van der Waals surface area contributed by atoms with E-state index in [1.54, 1.807) is 0 Å². The highest BCUT2D eigenvalue weighted by Crippen LogP contribution is 2.30. The van der Waals surface area contributed by atoms with Crippen LogP contribution in [0.5, 0.6) is 0 Å². The van der Waals surface area contributed by atoms with Gasteiger partial charge in [0.2, 0.25) is 0 Å². The molecule has 0 spiro atoms. The molecule has 0 bridgehead atoms. The average molecular weight is 332 g/mol. The smallest absolute Gasteiger partial charge is 0.140 e. The van der Waals surface area contributed by atoms with Crippen molar-refractivity contribution in [3.63, 3.8) is 0 Å². The molecule has 0 fully saturated rings. The Morgan fingerprint density at radius 1 is 0.760 bits per heavy atom. The van der Waals surface area contributed by atoms with Crippen LogP contribution in [0, 0.1) is 0 Å². The van der Waals surface area contributed by atoms with Crippen LogP contribution in [0.15, 0.2) is 60.7 Å². The molecular weight excluding hydrogens is 304 g/mol. The lowest BCUT2D eigenvalue weighted by Crippen LogP contribution is -2.05. The summed E-state index contributed by atoms with van der Waals surface area (Å²) in [6.45, 7) is 5.55. The molecule has 0 aliphatic rings. The highest BCUT2D eigenvalue weighted by atomic mass is 15.1. The van der Waals surface area contributed by atoms with Crippen molar-refractivity contribution in [1.82, 2.24) is 9.55 Å². The molecule has 0 aliphatic carbocycles. The van der Waals surface area contributed by atoms with Crippen molar-refractivity contribution >= 4 is 0 Å². The predicted molar refractivity (Wildman–Crippen MR) is 107 cm³/mol. The Kier molecular flexibility index (Phi) is 6.05. The lowest BCUT2D eigenvalue weighted by Gasteiger charge is -2.12. The standard InChI is InChI=1S/C23H28N2/c1-3-5-6-13-18-25-21(4-2)22(19-14-9-7-10-15-19)24-23(25)20-16-11-8-12-17-20/h7-12,14-17H,3-6,13,18H2,1-2H3. The number of hydrogen-bond donors (Lipinski definition) is 0. The normalized spacial score (nSPS) is 11.0. The minimum absolute atomic E-state index is 0.998. The first-order valence-corrected chi connectivity index (χ1v) is 9.55. The molecule has 3 aromatic rings. The third-order valence-corrected chi connectivity index (χ3v) is 4.72. The number of benzene rings is 2. The van der Waals surface area contributed by atoms with Crippen LogP contribution in [0.25, 0.3) is 22.6 Å². The van der Waals surface area contributed by atoms with Crippen molar-refractivity contribution < 1.29 is 0 Å². The monoisotopic (exact) mass is 332 g/mol. The van der Waals surface area contributed by atoms with Crippen molar-refractivity contribution in [1.29, 1.82) is 0 Å². The molecule has 0 radical (unpaired) electrons. The summed E-state index contributed by atoms with van der Waals surface area (Å²) in [7, 11) is 0. The van der Waals surface area contributed by atoms with Crippen molar-refractivity contribution in [2.24, 2.45) is 0 Å². The van der Waals surface area contributed by atoms with Crippen LogP contribution in [0.1, 0.15) is 45.2 Å². The minimum Gasteiger partial charge on any atom is -0.327 e. The lowest BCUT2D eigenvalue weighted by atomic mass is 10.1. The van der Waals surface area contributed by atoms with E-state index in [4.69, 9.17) is 4.98 Å². The first kappa shape index (κ1) is 17.5. The Hall–Kier alpha value is -2.35. The fourth-order valence-electron chi connectivity index (χ4n) is 3.42. The molecule has 2 heteroatoms. The second kappa shape index (κ2) is 8.66. The van der Waals surface area contributed by atoms with Crippen molar-refractivity contribution in [2.75, 3.05) is 0 Å². The maximum absolute atomic E-state index is 5.08. The summed E-state index contributed by atoms with van der Waals surface area (Å²) >= 11 is 0. The summed E-state index contributed by atoms with van der Waals surface area (Å²) in [4.78, 5) is 5.08. The third-order valence-electron chi connectivity index (χ3n) is 4.72. The Bertz CT molecular complexity index is 773. The first-order chi connectivity index (χ1) is 12.3. The van der Waals surface area contributed by atoms with E-state index in [2.05, 4.69) is 79.1 Å². The van der Waals surface area contributed by atoms with Gasteiger partial charge in [-0.1, -0.05) is 93.8 Å². The molecule has 1 heterocycles. The molecule has 2 aromatic carbocycles. The van der Waals surface area contributed by atoms with Gasteiger partial charge in [-0.05, 0) is 12.8 Å². The zero-order chi connectivity index (χ0) is 17.5. The zero-order valence-electron chi connectivity index (χ0n) is 15.4. The average Bonchev–Trinajstić information content (AvgIpc) is 3.05. The largest absolute Gasteiger partial charge is 0.327 e. The fourth-order valence-corrected chi connectivity index (χ4v) is 3.42. The van der Waals surface area contributed by atoms with Gasteiger partial charge in [0.25, 0.3) is 0 Å². The maximum Gasteiger partial charge on any atom is 0.140 e. The first-order valence-electron chi connectivity index (χ1n) is 9.55. The third kappa shape index (κ3) is 4.01. The quantitative estimate of drug-likeness (QED) is 0.439. The van der Waals surface area contributed by atoms with Gasteiger partial charge in [0.05, 0.1) is 5.69 Å². The van der Waals surface area contributed by atoms with E-state index in [-0.39, 0.29) is 0 Å². The van der Waals surface area contributed by atoms with Gasteiger partial charge in [-0.2, -0.15) is 0 Å². The van der Waals surface area contributed by atoms with E-state index in [9.17, 15) is 0 Å². The molecule has 0 atom stereocenters. The molecular formula is C23H28N2. The number of imidazole rings is 1. The molecule has 0 saturated carbocycles. The molecule has 0 amide bonds. The topological polar surface area (TPSA) is 17.8 Å². The van der Waals surface area contributed by atoms with Crippen LogP contribution in [-0.2, 0) is 13.0 Å². The number of unbranched alkanes of at least 4 members (excludes halogenated alkanes) is 3. The number of hydrogen-bond acceptors (Lipinski definition) is 1. The number of nitrogens with zero attached hydrogens (tertiary/aromatic N) is 2. The molecule has 0 N–H and O–H groups in total. The molecule has 130 valence electrons. The van der Waals surface area contributed by atoms with Crippen LogP contribution in [0.3, 0.4) is 0 Å². The summed E-state index contributed by atoms with van der Waals surface area (Å²) in [5, 5.41) is 0. The van der Waals surface area contributed by atoms with Crippen molar-refractivity contribution in [2.45, 2.75) is 52.5 Å². The fraction of sp³-hybridized carbons (Fsp3) is 0.348. The van der Waals surface area contributed by atoms with Crippen LogP contribution < -0.4 is 0 Å². The van der Waals surface area contributed by atoms with Crippen LogP contribution >= 0.6 is 0 Å². The second-order valence-electron chi connectivity index (χ2n) is 6.53. The summed E-state index contributed by atoms with van der Waals surface area (Å²) in [5.41, 5.74) is 4.90. The van der Waals surface area contributed by atoms with E-state index in [0.29, 0.717) is 0 Å². The van der Waals surface area contributed by atoms with Gasteiger partial charge in [0.15, 0.2) is 0 Å². The molecule has 3 rings (SSSR count). The van der Waals surface area contributed by atoms with Gasteiger partial charge < -0.3 is 4.57 Å². The summed E-state index contributed by atoms with van der Waals surface area (Å²) < 4.78 is 2.45. The number of rotatable bonds is 8.